The summed E-state index contributed by atoms with van der Waals surface area (Å²) in [5, 5.41) is 3.99. The van der Waals surface area contributed by atoms with Crippen molar-refractivity contribution in [1.82, 2.24) is 19.9 Å². The lowest BCUT2D eigenvalue weighted by atomic mass is 10.0. The molecular formula is C29H26N4O3. The summed E-state index contributed by atoms with van der Waals surface area (Å²) in [6.45, 7) is 0. The van der Waals surface area contributed by atoms with Crippen molar-refractivity contribution in [3.05, 3.63) is 108 Å². The number of para-hydroxylation sites is 1. The van der Waals surface area contributed by atoms with Gasteiger partial charge in [-0.05, 0) is 54.1 Å². The van der Waals surface area contributed by atoms with Crippen LogP contribution in [0.1, 0.15) is 27.8 Å². The van der Waals surface area contributed by atoms with Crippen molar-refractivity contribution in [2.45, 2.75) is 6.04 Å². The fourth-order valence-electron chi connectivity index (χ4n) is 4.23. The highest BCUT2D eigenvalue weighted by molar-refractivity contribution is 6.07. The zero-order valence-electron chi connectivity index (χ0n) is 20.3. The number of hydrogen-bond donors (Lipinski definition) is 1. The summed E-state index contributed by atoms with van der Waals surface area (Å²) in [5.74, 6) is 2.01. The second-order valence-electron chi connectivity index (χ2n) is 8.38. The van der Waals surface area contributed by atoms with Crippen LogP contribution in [0.3, 0.4) is 0 Å². The number of nitrogens with one attached hydrogen (secondary N) is 1. The molecule has 5 aromatic rings. The van der Waals surface area contributed by atoms with Gasteiger partial charge in [-0.2, -0.15) is 0 Å². The Morgan fingerprint density at radius 3 is 2.22 bits per heavy atom. The molecule has 0 aliphatic carbocycles. The molecule has 0 saturated heterocycles. The van der Waals surface area contributed by atoms with Crippen LogP contribution >= 0.6 is 0 Å². The second-order valence-corrected chi connectivity index (χ2v) is 8.38. The van der Waals surface area contributed by atoms with Gasteiger partial charge < -0.3 is 19.4 Å². The fourth-order valence-corrected chi connectivity index (χ4v) is 4.23. The Balaban J connectivity index is 1.57. The molecule has 0 aliphatic heterocycles. The highest BCUT2D eigenvalue weighted by Crippen LogP contribution is 2.28. The largest absolute Gasteiger partial charge is 0.497 e. The van der Waals surface area contributed by atoms with Gasteiger partial charge in [0.05, 0.1) is 31.0 Å². The number of methoxy groups -OCH3 is 2. The van der Waals surface area contributed by atoms with E-state index in [-0.39, 0.29) is 5.91 Å². The first-order chi connectivity index (χ1) is 17.6. The van der Waals surface area contributed by atoms with E-state index in [1.54, 1.807) is 20.4 Å². The number of carbonyl (C=O) groups excluding carboxylic acids is 1. The molecule has 36 heavy (non-hydrogen) atoms. The third-order valence-electron chi connectivity index (χ3n) is 6.19. The molecule has 1 unspecified atom stereocenters. The Labute approximate surface area is 209 Å². The van der Waals surface area contributed by atoms with Gasteiger partial charge in [-0.1, -0.05) is 30.3 Å². The zero-order chi connectivity index (χ0) is 25.1. The zero-order valence-corrected chi connectivity index (χ0v) is 20.3. The molecular weight excluding hydrogens is 452 g/mol. The summed E-state index contributed by atoms with van der Waals surface area (Å²) < 4.78 is 12.5. The van der Waals surface area contributed by atoms with E-state index in [4.69, 9.17) is 14.5 Å². The highest BCUT2D eigenvalue weighted by Gasteiger charge is 2.23. The predicted octanol–water partition coefficient (Wildman–Crippen LogP) is 5.17. The van der Waals surface area contributed by atoms with E-state index in [2.05, 4.69) is 10.3 Å². The van der Waals surface area contributed by atoms with Crippen LogP contribution in [-0.2, 0) is 7.05 Å². The molecule has 0 radical (unpaired) electrons. The summed E-state index contributed by atoms with van der Waals surface area (Å²) in [6, 6.07) is 24.3. The van der Waals surface area contributed by atoms with Crippen LogP contribution < -0.4 is 14.8 Å². The average molecular weight is 479 g/mol. The van der Waals surface area contributed by atoms with E-state index in [0.29, 0.717) is 11.3 Å². The Hall–Kier alpha value is -4.65. The number of ether oxygens (including phenoxy) is 2. The summed E-state index contributed by atoms with van der Waals surface area (Å²) >= 11 is 0. The minimum absolute atomic E-state index is 0.216. The number of amides is 1. The number of carbonyl (C=O) groups is 1. The number of nitrogens with zero attached hydrogens (tertiary/aromatic N) is 3. The van der Waals surface area contributed by atoms with Crippen LogP contribution in [-0.4, -0.2) is 34.7 Å². The first-order valence-corrected chi connectivity index (χ1v) is 11.5. The molecule has 2 heterocycles. The first kappa shape index (κ1) is 23.1. The van der Waals surface area contributed by atoms with Crippen LogP contribution in [0.25, 0.3) is 22.2 Å². The molecule has 0 fully saturated rings. The Kier molecular flexibility index (Phi) is 6.36. The quantitative estimate of drug-likeness (QED) is 0.349. The number of imidazole rings is 1. The van der Waals surface area contributed by atoms with Crippen molar-refractivity contribution in [1.29, 1.82) is 0 Å². The fraction of sp³-hybridized carbons (Fsp3) is 0.138. The first-order valence-electron chi connectivity index (χ1n) is 11.5. The van der Waals surface area contributed by atoms with Gasteiger partial charge in [0.15, 0.2) is 0 Å². The Morgan fingerprint density at radius 1 is 0.917 bits per heavy atom. The van der Waals surface area contributed by atoms with Gasteiger partial charge in [0.1, 0.15) is 23.4 Å². The van der Waals surface area contributed by atoms with Gasteiger partial charge in [-0.15, -0.1) is 0 Å². The number of benzene rings is 3. The maximum Gasteiger partial charge on any atom is 0.252 e. The van der Waals surface area contributed by atoms with E-state index in [1.165, 1.54) is 0 Å². The topological polar surface area (TPSA) is 78.3 Å². The van der Waals surface area contributed by atoms with Crippen LogP contribution in [0.4, 0.5) is 0 Å². The molecule has 180 valence electrons. The van der Waals surface area contributed by atoms with Crippen molar-refractivity contribution in [3.8, 4) is 22.8 Å². The standard InChI is InChI=1S/C29H26N4O3/c1-33-17-16-30-28(33)27(20-10-14-22(36-3)15-11-20)32-29(34)24-18-26(19-8-12-21(35-2)13-9-19)31-25-7-5-4-6-23(24)25/h4-18,27H,1-3H3,(H,32,34). The lowest BCUT2D eigenvalue weighted by molar-refractivity contribution is 0.0943. The van der Waals surface area contributed by atoms with Crippen molar-refractivity contribution >= 4 is 16.8 Å². The van der Waals surface area contributed by atoms with Crippen LogP contribution in [0.2, 0.25) is 0 Å². The number of aromatic nitrogens is 3. The minimum Gasteiger partial charge on any atom is -0.497 e. The molecule has 3 aromatic carbocycles. The van der Waals surface area contributed by atoms with E-state index in [0.717, 1.165) is 39.4 Å². The lowest BCUT2D eigenvalue weighted by Gasteiger charge is -2.20. The smallest absolute Gasteiger partial charge is 0.252 e. The van der Waals surface area contributed by atoms with Crippen LogP contribution in [0, 0.1) is 0 Å². The molecule has 0 saturated carbocycles. The van der Waals surface area contributed by atoms with Crippen LogP contribution in [0.5, 0.6) is 11.5 Å². The number of rotatable bonds is 7. The monoisotopic (exact) mass is 478 g/mol. The Bertz CT molecular complexity index is 1510. The molecule has 0 aliphatic rings. The maximum atomic E-state index is 13.8. The van der Waals surface area contributed by atoms with Gasteiger partial charge >= 0.3 is 0 Å². The maximum absolute atomic E-state index is 13.8. The molecule has 1 amide bonds. The van der Waals surface area contributed by atoms with Gasteiger partial charge in [0.25, 0.3) is 5.91 Å². The van der Waals surface area contributed by atoms with Crippen molar-refractivity contribution < 1.29 is 14.3 Å². The molecule has 2 aromatic heterocycles. The van der Waals surface area contributed by atoms with Gasteiger partial charge in [-0.3, -0.25) is 4.79 Å². The van der Waals surface area contributed by atoms with Crippen molar-refractivity contribution in [2.75, 3.05) is 14.2 Å². The van der Waals surface area contributed by atoms with E-state index >= 15 is 0 Å². The predicted molar refractivity (Wildman–Crippen MR) is 139 cm³/mol. The molecule has 1 N–H and O–H groups in total. The lowest BCUT2D eigenvalue weighted by Crippen LogP contribution is -2.31. The highest BCUT2D eigenvalue weighted by atomic mass is 16.5. The van der Waals surface area contributed by atoms with E-state index in [1.807, 2.05) is 96.7 Å². The van der Waals surface area contributed by atoms with Gasteiger partial charge in [-0.25, -0.2) is 9.97 Å². The van der Waals surface area contributed by atoms with Gasteiger partial charge in [0.2, 0.25) is 0 Å². The summed E-state index contributed by atoms with van der Waals surface area (Å²) in [6.07, 6.45) is 3.59. The summed E-state index contributed by atoms with van der Waals surface area (Å²) in [7, 11) is 5.17. The molecule has 1 atom stereocenters. The van der Waals surface area contributed by atoms with Crippen molar-refractivity contribution in [3.63, 3.8) is 0 Å². The van der Waals surface area contributed by atoms with Crippen LogP contribution in [0.15, 0.2) is 91.3 Å². The van der Waals surface area contributed by atoms with Crippen molar-refractivity contribution in [2.24, 2.45) is 7.05 Å². The average Bonchev–Trinajstić information content (AvgIpc) is 3.36. The SMILES string of the molecule is COc1ccc(-c2cc(C(=O)NC(c3ccc(OC)cc3)c3nccn3C)c3ccccc3n2)cc1. The Morgan fingerprint density at radius 2 is 1.58 bits per heavy atom. The minimum atomic E-state index is -0.459. The number of hydrogen-bond acceptors (Lipinski definition) is 5. The molecule has 5 rings (SSSR count). The molecule has 7 heteroatoms. The number of fused-ring (bicyclic) bond motifs is 1. The van der Waals surface area contributed by atoms with E-state index in [9.17, 15) is 4.79 Å². The van der Waals surface area contributed by atoms with E-state index < -0.39 is 6.04 Å². The molecule has 7 nitrogen and oxygen atoms in total. The normalized spacial score (nSPS) is 11.8. The summed E-state index contributed by atoms with van der Waals surface area (Å²) in [5.41, 5.74) is 3.78. The second kappa shape index (κ2) is 9.92. The third-order valence-corrected chi connectivity index (χ3v) is 6.19. The molecule has 0 spiro atoms. The number of pyridine rings is 1. The van der Waals surface area contributed by atoms with Gasteiger partial charge in [0, 0.05) is 30.4 Å². The summed E-state index contributed by atoms with van der Waals surface area (Å²) in [4.78, 5) is 23.2. The molecule has 0 bridgehead atoms. The number of aryl methyl sites for hydroxylation is 1. The third kappa shape index (κ3) is 4.51.